The van der Waals surface area contributed by atoms with E-state index in [2.05, 4.69) is 21.1 Å². The molecule has 1 aromatic heterocycles. The van der Waals surface area contributed by atoms with Crippen LogP contribution in [0.15, 0.2) is 36.5 Å². The van der Waals surface area contributed by atoms with E-state index in [9.17, 15) is 8.42 Å². The van der Waals surface area contributed by atoms with Crippen LogP contribution in [0, 0.1) is 17.8 Å². The van der Waals surface area contributed by atoms with Gasteiger partial charge < -0.3 is 0 Å². The van der Waals surface area contributed by atoms with Crippen LogP contribution in [0.5, 0.6) is 0 Å². The highest BCUT2D eigenvalue weighted by Crippen LogP contribution is 2.29. The Hall–Kier alpha value is -2.30. The standard InChI is InChI=1S/C20H25N3O3S/c1-5-6-8-13-18(27(24,25)26-15-20(2,3)4)19-22-17(14-21-23-19)16-11-9-7-10-12-16/h1,7,9-12,14,18H,6,8,13,15H2,2-4H3. The lowest BCUT2D eigenvalue weighted by molar-refractivity contribution is 0.200. The summed E-state index contributed by atoms with van der Waals surface area (Å²) < 4.78 is 31.0. The molecule has 0 N–H and O–H groups in total. The molecular formula is C20H25N3O3S. The monoisotopic (exact) mass is 387 g/mol. The molecule has 0 fully saturated rings. The Morgan fingerprint density at radius 3 is 2.56 bits per heavy atom. The van der Waals surface area contributed by atoms with Crippen molar-refractivity contribution in [2.75, 3.05) is 6.61 Å². The lowest BCUT2D eigenvalue weighted by Crippen LogP contribution is -2.24. The van der Waals surface area contributed by atoms with Gasteiger partial charge in [0.2, 0.25) is 0 Å². The summed E-state index contributed by atoms with van der Waals surface area (Å²) in [6.45, 7) is 5.80. The molecule has 2 rings (SSSR count). The fourth-order valence-corrected chi connectivity index (χ4v) is 3.83. The van der Waals surface area contributed by atoms with E-state index in [0.717, 1.165) is 5.56 Å². The Balaban J connectivity index is 2.35. The van der Waals surface area contributed by atoms with Gasteiger partial charge in [0, 0.05) is 12.0 Å². The van der Waals surface area contributed by atoms with Crippen LogP contribution in [-0.4, -0.2) is 30.2 Å². The van der Waals surface area contributed by atoms with Gasteiger partial charge in [0.1, 0.15) is 5.25 Å². The molecule has 0 radical (unpaired) electrons. The van der Waals surface area contributed by atoms with Crippen molar-refractivity contribution in [3.8, 4) is 23.6 Å². The molecule has 0 aliphatic rings. The number of benzene rings is 1. The highest BCUT2D eigenvalue weighted by atomic mass is 32.2. The molecule has 2 aromatic rings. The number of rotatable bonds is 8. The molecular weight excluding hydrogens is 362 g/mol. The molecule has 0 aliphatic heterocycles. The van der Waals surface area contributed by atoms with Crippen molar-refractivity contribution >= 4 is 10.1 Å². The first kappa shape index (κ1) is 21.0. The van der Waals surface area contributed by atoms with Crippen molar-refractivity contribution < 1.29 is 12.6 Å². The molecule has 0 aliphatic carbocycles. The first-order chi connectivity index (χ1) is 12.7. The van der Waals surface area contributed by atoms with Crippen molar-refractivity contribution in [1.82, 2.24) is 15.2 Å². The van der Waals surface area contributed by atoms with Crippen molar-refractivity contribution in [2.45, 2.75) is 45.3 Å². The minimum absolute atomic E-state index is 0.0762. The second-order valence-electron chi connectivity index (χ2n) is 7.47. The van der Waals surface area contributed by atoms with Crippen LogP contribution >= 0.6 is 0 Å². The molecule has 0 saturated carbocycles. The molecule has 7 heteroatoms. The average molecular weight is 388 g/mol. The fraction of sp³-hybridized carbons (Fsp3) is 0.450. The normalized spacial score (nSPS) is 13.1. The third-order valence-electron chi connectivity index (χ3n) is 3.72. The van der Waals surface area contributed by atoms with Crippen molar-refractivity contribution in [2.24, 2.45) is 5.41 Å². The molecule has 6 nitrogen and oxygen atoms in total. The smallest absolute Gasteiger partial charge is 0.269 e. The second kappa shape index (κ2) is 9.07. The fourth-order valence-electron chi connectivity index (χ4n) is 2.33. The third-order valence-corrected chi connectivity index (χ3v) is 5.31. The molecule has 1 heterocycles. The van der Waals surface area contributed by atoms with Gasteiger partial charge in [-0.2, -0.15) is 13.5 Å². The summed E-state index contributed by atoms with van der Waals surface area (Å²) in [5.41, 5.74) is 1.11. The number of aromatic nitrogens is 3. The summed E-state index contributed by atoms with van der Waals surface area (Å²) in [6, 6.07) is 9.42. The van der Waals surface area contributed by atoms with Crippen LogP contribution in [-0.2, 0) is 14.3 Å². The predicted molar refractivity (Wildman–Crippen MR) is 105 cm³/mol. The Bertz CT molecular complexity index is 885. The van der Waals surface area contributed by atoms with Gasteiger partial charge in [0.25, 0.3) is 10.1 Å². The number of nitrogens with zero attached hydrogens (tertiary/aromatic N) is 3. The van der Waals surface area contributed by atoms with Gasteiger partial charge in [0.05, 0.1) is 18.5 Å². The van der Waals surface area contributed by atoms with Gasteiger partial charge in [-0.25, -0.2) is 4.98 Å². The quantitative estimate of drug-likeness (QED) is 0.389. The largest absolute Gasteiger partial charge is 0.277 e. The van der Waals surface area contributed by atoms with Gasteiger partial charge >= 0.3 is 0 Å². The minimum atomic E-state index is -3.92. The lowest BCUT2D eigenvalue weighted by Gasteiger charge is -2.21. The molecule has 27 heavy (non-hydrogen) atoms. The van der Waals surface area contributed by atoms with E-state index in [1.54, 1.807) is 0 Å². The van der Waals surface area contributed by atoms with Crippen LogP contribution < -0.4 is 0 Å². The van der Waals surface area contributed by atoms with Gasteiger partial charge in [-0.15, -0.1) is 17.4 Å². The molecule has 1 aromatic carbocycles. The highest BCUT2D eigenvalue weighted by molar-refractivity contribution is 7.87. The number of unbranched alkanes of at least 4 members (excludes halogenated alkanes) is 1. The van der Waals surface area contributed by atoms with E-state index in [1.807, 2.05) is 51.1 Å². The van der Waals surface area contributed by atoms with E-state index in [-0.39, 0.29) is 24.3 Å². The second-order valence-corrected chi connectivity index (χ2v) is 9.26. The van der Waals surface area contributed by atoms with Crippen molar-refractivity contribution in [3.63, 3.8) is 0 Å². The average Bonchev–Trinajstić information content (AvgIpc) is 2.64. The molecule has 1 unspecified atom stereocenters. The molecule has 0 spiro atoms. The first-order valence-corrected chi connectivity index (χ1v) is 10.3. The van der Waals surface area contributed by atoms with Gasteiger partial charge in [0.15, 0.2) is 5.82 Å². The first-order valence-electron chi connectivity index (χ1n) is 8.80. The van der Waals surface area contributed by atoms with Gasteiger partial charge in [-0.05, 0) is 18.3 Å². The maximum absolute atomic E-state index is 12.8. The number of hydrogen-bond acceptors (Lipinski definition) is 6. The Morgan fingerprint density at radius 2 is 1.93 bits per heavy atom. The number of terminal acetylenes is 1. The minimum Gasteiger partial charge on any atom is -0.269 e. The van der Waals surface area contributed by atoms with E-state index >= 15 is 0 Å². The van der Waals surface area contributed by atoms with Crippen molar-refractivity contribution in [3.05, 3.63) is 42.4 Å². The maximum Gasteiger partial charge on any atom is 0.277 e. The van der Waals surface area contributed by atoms with E-state index in [4.69, 9.17) is 10.6 Å². The van der Waals surface area contributed by atoms with Crippen molar-refractivity contribution in [1.29, 1.82) is 0 Å². The van der Waals surface area contributed by atoms with Crippen LogP contribution in [0.1, 0.15) is 51.1 Å². The predicted octanol–water partition coefficient (Wildman–Crippen LogP) is 3.78. The summed E-state index contributed by atoms with van der Waals surface area (Å²) in [6.07, 6.45) is 8.09. The summed E-state index contributed by atoms with van der Waals surface area (Å²) in [5, 5.41) is 6.93. The van der Waals surface area contributed by atoms with E-state index in [0.29, 0.717) is 18.5 Å². The zero-order valence-corrected chi connectivity index (χ0v) is 16.7. The number of hydrogen-bond donors (Lipinski definition) is 0. The van der Waals surface area contributed by atoms with Crippen LogP contribution in [0.25, 0.3) is 11.3 Å². The third kappa shape index (κ3) is 6.42. The highest BCUT2D eigenvalue weighted by Gasteiger charge is 2.32. The van der Waals surface area contributed by atoms with Gasteiger partial charge in [-0.1, -0.05) is 51.1 Å². The molecule has 0 saturated heterocycles. The Labute approximate surface area is 161 Å². The van der Waals surface area contributed by atoms with Gasteiger partial charge in [-0.3, -0.25) is 4.18 Å². The Morgan fingerprint density at radius 1 is 1.22 bits per heavy atom. The molecule has 1 atom stereocenters. The van der Waals surface area contributed by atoms with E-state index in [1.165, 1.54) is 6.20 Å². The topological polar surface area (TPSA) is 82.0 Å². The molecule has 0 bridgehead atoms. The Kier molecular flexibility index (Phi) is 7.05. The SMILES string of the molecule is C#CCCCC(c1nncc(-c2ccccc2)n1)S(=O)(=O)OCC(C)(C)C. The van der Waals surface area contributed by atoms with Crippen LogP contribution in [0.4, 0.5) is 0 Å². The summed E-state index contributed by atoms with van der Waals surface area (Å²) in [7, 11) is -3.92. The molecule has 0 amide bonds. The van der Waals surface area contributed by atoms with Crippen LogP contribution in [0.2, 0.25) is 0 Å². The zero-order chi connectivity index (χ0) is 19.9. The maximum atomic E-state index is 12.8. The molecule has 144 valence electrons. The zero-order valence-electron chi connectivity index (χ0n) is 15.9. The van der Waals surface area contributed by atoms with Crippen LogP contribution in [0.3, 0.4) is 0 Å². The summed E-state index contributed by atoms with van der Waals surface area (Å²) in [4.78, 5) is 4.45. The summed E-state index contributed by atoms with van der Waals surface area (Å²) >= 11 is 0. The van der Waals surface area contributed by atoms with E-state index < -0.39 is 15.4 Å². The lowest BCUT2D eigenvalue weighted by atomic mass is 9.99. The summed E-state index contributed by atoms with van der Waals surface area (Å²) in [5.74, 6) is 2.65.